The van der Waals surface area contributed by atoms with Gasteiger partial charge in [-0.2, -0.15) is 20.8 Å². The van der Waals surface area contributed by atoms with Crippen LogP contribution in [0.4, 0.5) is 0 Å². The van der Waals surface area contributed by atoms with Crippen LogP contribution in [0.3, 0.4) is 0 Å². The largest absolute Gasteiger partial charge is 4.00 e. The van der Waals surface area contributed by atoms with Crippen LogP contribution in [0.1, 0.15) is 20.8 Å². The van der Waals surface area contributed by atoms with Gasteiger partial charge >= 0.3 is 39.1 Å². The Bertz CT molecular complexity index is 17.8. The number of hydrogen-bond acceptors (Lipinski definition) is 0. The SMILES string of the molecule is [Al+3].[CH2-]C.[CH2-]C.[CH2-]C.[Cl-].[Cl-].[Cl-].[Ti+4]. The van der Waals surface area contributed by atoms with E-state index in [-0.39, 0.29) is 76.3 Å². The third-order valence-corrected chi connectivity index (χ3v) is 0. The van der Waals surface area contributed by atoms with Crippen molar-refractivity contribution < 1.29 is 58.9 Å². The minimum atomic E-state index is 0. The van der Waals surface area contributed by atoms with Crippen LogP contribution in [0, 0.1) is 20.8 Å². The van der Waals surface area contributed by atoms with Crippen molar-refractivity contribution in [1.82, 2.24) is 0 Å². The smallest absolute Gasteiger partial charge is 1.00 e. The third-order valence-electron chi connectivity index (χ3n) is 0. The molecule has 0 rings (SSSR count). The van der Waals surface area contributed by atoms with Crippen LogP contribution in [0.5, 0.6) is 0 Å². The van der Waals surface area contributed by atoms with Crippen molar-refractivity contribution in [2.75, 3.05) is 0 Å². The topological polar surface area (TPSA) is 0 Å². The molecule has 0 saturated carbocycles. The Hall–Kier alpha value is 2.12. The van der Waals surface area contributed by atoms with Crippen LogP contribution < -0.4 is 37.2 Å². The first-order chi connectivity index (χ1) is 3.00. The molecule has 0 amide bonds. The van der Waals surface area contributed by atoms with E-state index in [9.17, 15) is 0 Å². The zero-order chi connectivity index (χ0) is 6.00. The summed E-state index contributed by atoms with van der Waals surface area (Å²) < 4.78 is 0. The maximum Gasteiger partial charge on any atom is 4.00 e. The van der Waals surface area contributed by atoms with E-state index in [0.717, 1.165) is 0 Å². The molecule has 0 nitrogen and oxygen atoms in total. The van der Waals surface area contributed by atoms with Gasteiger partial charge in [-0.15, -0.1) is 0 Å². The normalized spacial score (nSPS) is 1.64. The van der Waals surface area contributed by atoms with Gasteiger partial charge < -0.3 is 58.0 Å². The maximum absolute atomic E-state index is 3.25. The van der Waals surface area contributed by atoms with Gasteiger partial charge in [0, 0.05) is 0 Å². The first-order valence-corrected chi connectivity index (χ1v) is 2.12. The molecular weight excluding hydrogens is 253 g/mol. The fourth-order valence-corrected chi connectivity index (χ4v) is 0. The van der Waals surface area contributed by atoms with Crippen LogP contribution in [-0.2, 0) is 21.7 Å². The molecule has 0 atom stereocenters. The second-order valence-electron chi connectivity index (χ2n) is 0. The Labute approximate surface area is 117 Å². The quantitative estimate of drug-likeness (QED) is 0.303. The molecule has 0 aliphatic carbocycles. The summed E-state index contributed by atoms with van der Waals surface area (Å²) >= 11 is 0. The minimum absolute atomic E-state index is 0. The number of hydrogen-bond donors (Lipinski definition) is 0. The predicted octanol–water partition coefficient (Wildman–Crippen LogP) is -6.85. The summed E-state index contributed by atoms with van der Waals surface area (Å²) in [6.45, 7) is 15.0. The molecule has 0 aliphatic rings. The molecule has 66 valence electrons. The fourth-order valence-electron chi connectivity index (χ4n) is 0. The van der Waals surface area contributed by atoms with E-state index in [1.165, 1.54) is 0 Å². The minimum Gasteiger partial charge on any atom is -1.00 e. The zero-order valence-corrected chi connectivity index (χ0v) is 12.3. The van der Waals surface area contributed by atoms with E-state index in [2.05, 4.69) is 20.8 Å². The van der Waals surface area contributed by atoms with Crippen molar-refractivity contribution in [2.24, 2.45) is 0 Å². The van der Waals surface area contributed by atoms with Gasteiger partial charge in [-0.3, -0.25) is 0 Å². The molecule has 0 bridgehead atoms. The van der Waals surface area contributed by atoms with Crippen LogP contribution in [0.15, 0.2) is 0 Å². The zero-order valence-electron chi connectivity index (χ0n) is 7.33. The first-order valence-electron chi connectivity index (χ1n) is 2.12. The maximum atomic E-state index is 3.25. The molecule has 0 aliphatic heterocycles. The van der Waals surface area contributed by atoms with Gasteiger partial charge in [0.2, 0.25) is 0 Å². The van der Waals surface area contributed by atoms with Crippen molar-refractivity contribution in [3.05, 3.63) is 20.8 Å². The second kappa shape index (κ2) is 334. The molecule has 0 N–H and O–H groups in total. The summed E-state index contributed by atoms with van der Waals surface area (Å²) in [4.78, 5) is 0. The summed E-state index contributed by atoms with van der Waals surface area (Å²) in [5, 5.41) is 0. The van der Waals surface area contributed by atoms with Gasteiger partial charge in [-0.05, 0) is 0 Å². The average molecular weight is 268 g/mol. The Kier molecular flexibility index (Phi) is 2230. The third kappa shape index (κ3) is 277. The van der Waals surface area contributed by atoms with Gasteiger partial charge in [0.25, 0.3) is 0 Å². The van der Waals surface area contributed by atoms with Gasteiger partial charge in [0.15, 0.2) is 0 Å². The number of halogens is 3. The Balaban J connectivity index is -0.00000000167. The molecule has 0 aromatic rings. The average Bonchev–Trinajstić information content (AvgIpc) is 1.81. The molecule has 0 aromatic carbocycles. The molecule has 0 radical (unpaired) electrons. The first kappa shape index (κ1) is 73.6. The van der Waals surface area contributed by atoms with Gasteiger partial charge in [0.05, 0.1) is 0 Å². The van der Waals surface area contributed by atoms with E-state index in [0.29, 0.717) is 0 Å². The van der Waals surface area contributed by atoms with Crippen LogP contribution in [0.25, 0.3) is 0 Å². The van der Waals surface area contributed by atoms with Crippen molar-refractivity contribution in [1.29, 1.82) is 0 Å². The van der Waals surface area contributed by atoms with E-state index in [1.807, 2.05) is 0 Å². The Morgan fingerprint density at radius 3 is 0.545 bits per heavy atom. The van der Waals surface area contributed by atoms with E-state index < -0.39 is 0 Å². The van der Waals surface area contributed by atoms with Crippen LogP contribution in [0.2, 0.25) is 0 Å². The van der Waals surface area contributed by atoms with Gasteiger partial charge in [-0.1, -0.05) is 0 Å². The van der Waals surface area contributed by atoms with Crippen molar-refractivity contribution in [3.63, 3.8) is 0 Å². The summed E-state index contributed by atoms with van der Waals surface area (Å²) in [5.74, 6) is 0. The Morgan fingerprint density at radius 2 is 0.545 bits per heavy atom. The van der Waals surface area contributed by atoms with Crippen molar-refractivity contribution in [3.8, 4) is 0 Å². The van der Waals surface area contributed by atoms with Crippen LogP contribution in [-0.4, -0.2) is 17.4 Å². The molecular formula is C6H15AlCl3Ti+. The molecule has 0 aromatic heterocycles. The van der Waals surface area contributed by atoms with E-state index in [4.69, 9.17) is 0 Å². The summed E-state index contributed by atoms with van der Waals surface area (Å²) in [5.41, 5.74) is 0. The van der Waals surface area contributed by atoms with E-state index >= 15 is 0 Å². The second-order valence-corrected chi connectivity index (χ2v) is 0. The molecule has 11 heavy (non-hydrogen) atoms. The number of rotatable bonds is 0. The summed E-state index contributed by atoms with van der Waals surface area (Å²) in [7, 11) is 0. The van der Waals surface area contributed by atoms with Crippen LogP contribution >= 0.6 is 0 Å². The van der Waals surface area contributed by atoms with E-state index in [1.54, 1.807) is 20.8 Å². The standard InChI is InChI=1S/3C2H5.Al.3ClH.Ti/c3*1-2;;;;;/h3*1H2,2H3;;3*1H;/q3*-1;+3;;;;+4/p-3. The van der Waals surface area contributed by atoms with Gasteiger partial charge in [0.1, 0.15) is 0 Å². The molecule has 5 heteroatoms. The summed E-state index contributed by atoms with van der Waals surface area (Å²) in [6.07, 6.45) is 0. The fraction of sp³-hybridized carbons (Fsp3) is 0.500. The summed E-state index contributed by atoms with van der Waals surface area (Å²) in [6, 6.07) is 0. The Morgan fingerprint density at radius 1 is 0.545 bits per heavy atom. The molecule has 0 unspecified atom stereocenters. The van der Waals surface area contributed by atoms with Gasteiger partial charge in [-0.25, -0.2) is 0 Å². The molecule has 0 spiro atoms. The monoisotopic (exact) mass is 267 g/mol. The van der Waals surface area contributed by atoms with Crippen molar-refractivity contribution in [2.45, 2.75) is 20.8 Å². The molecule has 0 saturated heterocycles. The molecule has 0 fully saturated rings. The molecule has 0 heterocycles. The van der Waals surface area contributed by atoms with Crippen molar-refractivity contribution >= 4 is 17.4 Å². The predicted molar refractivity (Wildman–Crippen MR) is 38.8 cm³/mol.